The van der Waals surface area contributed by atoms with Gasteiger partial charge in [0.2, 0.25) is 0 Å². The lowest BCUT2D eigenvalue weighted by atomic mass is 10.2. The zero-order valence-electron chi connectivity index (χ0n) is 8.60. The molecule has 0 aromatic carbocycles. The van der Waals surface area contributed by atoms with Crippen molar-refractivity contribution in [1.82, 2.24) is 10.6 Å². The fourth-order valence-electron chi connectivity index (χ4n) is 0.775. The van der Waals surface area contributed by atoms with Crippen molar-refractivity contribution >= 4 is 17.8 Å². The Kier molecular flexibility index (Phi) is 6.81. The fraction of sp³-hybridized carbons (Fsp3) is 0.625. The fourth-order valence-corrected chi connectivity index (χ4v) is 0.775. The smallest absolute Gasteiger partial charge is 0.320 e. The molecule has 1 aliphatic rings. The molecule has 0 bridgehead atoms. The first-order valence-electron chi connectivity index (χ1n) is 4.64. The predicted molar refractivity (Wildman–Crippen MR) is 53.3 cm³/mol. The number of hydrogen-bond donors (Lipinski definition) is 5. The standard InChI is InChI=1S/C4H6N2O2.C4H9NO3/c7-3-4(8)6-2-1-5-3;5-3(1-2-6)4(7)8/h1-2H2,(H,5,7)(H,6,8);3,6H,1-2,5H2,(H,7,8)/t;3-/m.0/s1. The summed E-state index contributed by atoms with van der Waals surface area (Å²) >= 11 is 0. The van der Waals surface area contributed by atoms with E-state index in [1.165, 1.54) is 0 Å². The van der Waals surface area contributed by atoms with Gasteiger partial charge in [0.1, 0.15) is 6.04 Å². The molecule has 8 nitrogen and oxygen atoms in total. The molecule has 1 fully saturated rings. The molecular formula is C8H15N3O5. The molecule has 0 saturated carbocycles. The number of aliphatic hydroxyl groups is 1. The van der Waals surface area contributed by atoms with Crippen LogP contribution in [-0.2, 0) is 14.4 Å². The number of aliphatic carboxylic acids is 1. The number of aliphatic hydroxyl groups excluding tert-OH is 1. The molecule has 6 N–H and O–H groups in total. The van der Waals surface area contributed by atoms with E-state index in [0.29, 0.717) is 13.1 Å². The van der Waals surface area contributed by atoms with Gasteiger partial charge in [-0.05, 0) is 6.42 Å². The van der Waals surface area contributed by atoms with E-state index < -0.39 is 23.8 Å². The number of carbonyl (C=O) groups is 3. The van der Waals surface area contributed by atoms with Gasteiger partial charge in [0, 0.05) is 19.7 Å². The second-order valence-corrected chi connectivity index (χ2v) is 2.97. The molecule has 0 aromatic heterocycles. The third-order valence-corrected chi connectivity index (χ3v) is 1.66. The number of piperazine rings is 1. The first-order valence-corrected chi connectivity index (χ1v) is 4.64. The maximum absolute atomic E-state index is 10.3. The zero-order valence-corrected chi connectivity index (χ0v) is 8.60. The molecule has 1 saturated heterocycles. The van der Waals surface area contributed by atoms with Crippen LogP contribution >= 0.6 is 0 Å². The zero-order chi connectivity index (χ0) is 12.6. The summed E-state index contributed by atoms with van der Waals surface area (Å²) in [5, 5.41) is 21.0. The Morgan fingerprint density at radius 3 is 1.94 bits per heavy atom. The summed E-state index contributed by atoms with van der Waals surface area (Å²) in [5.41, 5.74) is 4.97. The minimum Gasteiger partial charge on any atom is -0.480 e. The van der Waals surface area contributed by atoms with Crippen LogP contribution < -0.4 is 16.4 Å². The van der Waals surface area contributed by atoms with Gasteiger partial charge in [0.25, 0.3) is 0 Å². The van der Waals surface area contributed by atoms with E-state index in [4.69, 9.17) is 15.9 Å². The number of nitrogens with two attached hydrogens (primary N) is 1. The van der Waals surface area contributed by atoms with Crippen molar-refractivity contribution in [3.05, 3.63) is 0 Å². The number of hydrogen-bond acceptors (Lipinski definition) is 5. The minimum absolute atomic E-state index is 0.120. The largest absolute Gasteiger partial charge is 0.480 e. The Balaban J connectivity index is 0.000000281. The van der Waals surface area contributed by atoms with Crippen LogP contribution in [-0.4, -0.2) is 53.7 Å². The Hall–Kier alpha value is -1.67. The number of amides is 2. The van der Waals surface area contributed by atoms with Crippen LogP contribution in [0.5, 0.6) is 0 Å². The van der Waals surface area contributed by atoms with Gasteiger partial charge in [-0.3, -0.25) is 14.4 Å². The Labute approximate surface area is 91.8 Å². The van der Waals surface area contributed by atoms with Gasteiger partial charge >= 0.3 is 17.8 Å². The summed E-state index contributed by atoms with van der Waals surface area (Å²) in [6.45, 7) is 0.919. The Morgan fingerprint density at radius 2 is 1.75 bits per heavy atom. The molecule has 0 spiro atoms. The molecule has 2 amide bonds. The highest BCUT2D eigenvalue weighted by molar-refractivity contribution is 6.35. The maximum Gasteiger partial charge on any atom is 0.320 e. The number of carbonyl (C=O) groups excluding carboxylic acids is 2. The highest BCUT2D eigenvalue weighted by Gasteiger charge is 2.15. The number of rotatable bonds is 3. The van der Waals surface area contributed by atoms with Crippen LogP contribution in [0, 0.1) is 0 Å². The van der Waals surface area contributed by atoms with Crippen molar-refractivity contribution in [2.24, 2.45) is 5.73 Å². The molecule has 0 aliphatic carbocycles. The molecule has 0 radical (unpaired) electrons. The van der Waals surface area contributed by atoms with Crippen LogP contribution in [0.15, 0.2) is 0 Å². The molecule has 1 aliphatic heterocycles. The van der Waals surface area contributed by atoms with Crippen LogP contribution in [0.25, 0.3) is 0 Å². The van der Waals surface area contributed by atoms with Crippen LogP contribution in [0.2, 0.25) is 0 Å². The van der Waals surface area contributed by atoms with Crippen molar-refractivity contribution in [1.29, 1.82) is 0 Å². The van der Waals surface area contributed by atoms with Crippen LogP contribution in [0.3, 0.4) is 0 Å². The van der Waals surface area contributed by atoms with Crippen LogP contribution in [0.4, 0.5) is 0 Å². The van der Waals surface area contributed by atoms with E-state index in [2.05, 4.69) is 10.6 Å². The van der Waals surface area contributed by atoms with Crippen LogP contribution in [0.1, 0.15) is 6.42 Å². The van der Waals surface area contributed by atoms with Gasteiger partial charge in [-0.2, -0.15) is 0 Å². The molecule has 16 heavy (non-hydrogen) atoms. The minimum atomic E-state index is -1.07. The SMILES string of the molecule is N[C@@H](CCO)C(=O)O.O=C1NCCNC1=O. The highest BCUT2D eigenvalue weighted by Crippen LogP contribution is 1.83. The number of nitrogens with one attached hydrogen (secondary N) is 2. The summed E-state index contributed by atoms with van der Waals surface area (Å²) in [4.78, 5) is 30.4. The summed E-state index contributed by atoms with van der Waals surface area (Å²) in [6.07, 6.45) is 0.120. The first-order chi connectivity index (χ1) is 7.49. The van der Waals surface area contributed by atoms with Gasteiger partial charge in [0.15, 0.2) is 0 Å². The molecular weight excluding hydrogens is 218 g/mol. The van der Waals surface area contributed by atoms with Crippen molar-refractivity contribution in [3.63, 3.8) is 0 Å². The van der Waals surface area contributed by atoms with Gasteiger partial charge in [0.05, 0.1) is 0 Å². The Bertz CT molecular complexity index is 252. The second kappa shape index (κ2) is 7.60. The van der Waals surface area contributed by atoms with Gasteiger partial charge in [-0.15, -0.1) is 0 Å². The molecule has 1 atom stereocenters. The topological polar surface area (TPSA) is 142 Å². The molecule has 0 unspecified atom stereocenters. The predicted octanol–water partition coefficient (Wildman–Crippen LogP) is -2.99. The van der Waals surface area contributed by atoms with E-state index in [1.54, 1.807) is 0 Å². The number of carboxylic acid groups (broad SMARTS) is 1. The summed E-state index contributed by atoms with van der Waals surface area (Å²) in [5.74, 6) is -2.13. The lowest BCUT2D eigenvalue weighted by molar-refractivity contribution is -0.140. The van der Waals surface area contributed by atoms with Crippen molar-refractivity contribution in [3.8, 4) is 0 Å². The molecule has 1 rings (SSSR count). The lowest BCUT2D eigenvalue weighted by Crippen LogP contribution is -2.49. The van der Waals surface area contributed by atoms with Crippen molar-refractivity contribution < 1.29 is 24.6 Å². The summed E-state index contributed by atoms with van der Waals surface area (Å²) in [6, 6.07) is -0.917. The summed E-state index contributed by atoms with van der Waals surface area (Å²) < 4.78 is 0. The molecule has 92 valence electrons. The second-order valence-electron chi connectivity index (χ2n) is 2.97. The van der Waals surface area contributed by atoms with Gasteiger partial charge in [-0.1, -0.05) is 0 Å². The van der Waals surface area contributed by atoms with Crippen molar-refractivity contribution in [2.45, 2.75) is 12.5 Å². The lowest BCUT2D eigenvalue weighted by Gasteiger charge is -2.10. The van der Waals surface area contributed by atoms with Gasteiger partial charge in [-0.25, -0.2) is 0 Å². The third kappa shape index (κ3) is 5.94. The van der Waals surface area contributed by atoms with E-state index in [9.17, 15) is 14.4 Å². The normalized spacial score (nSPS) is 16.4. The quantitative estimate of drug-likeness (QED) is 0.329. The van der Waals surface area contributed by atoms with Gasteiger partial charge < -0.3 is 26.6 Å². The van der Waals surface area contributed by atoms with E-state index in [-0.39, 0.29) is 13.0 Å². The van der Waals surface area contributed by atoms with E-state index in [0.717, 1.165) is 0 Å². The number of carboxylic acids is 1. The monoisotopic (exact) mass is 233 g/mol. The van der Waals surface area contributed by atoms with E-state index in [1.807, 2.05) is 0 Å². The molecule has 1 heterocycles. The average Bonchev–Trinajstić information content (AvgIpc) is 2.24. The molecule has 8 heteroatoms. The maximum atomic E-state index is 10.3. The highest BCUT2D eigenvalue weighted by atomic mass is 16.4. The Morgan fingerprint density at radius 1 is 1.31 bits per heavy atom. The average molecular weight is 233 g/mol. The van der Waals surface area contributed by atoms with E-state index >= 15 is 0 Å². The molecule has 0 aromatic rings. The first kappa shape index (κ1) is 14.3. The van der Waals surface area contributed by atoms with Crippen molar-refractivity contribution in [2.75, 3.05) is 19.7 Å². The summed E-state index contributed by atoms with van der Waals surface area (Å²) in [7, 11) is 0. The third-order valence-electron chi connectivity index (χ3n) is 1.66.